The fourth-order valence-corrected chi connectivity index (χ4v) is 7.21. The second kappa shape index (κ2) is 17.4. The van der Waals surface area contributed by atoms with Crippen molar-refractivity contribution in [1.82, 2.24) is 20.5 Å². The van der Waals surface area contributed by atoms with E-state index in [0.717, 1.165) is 39.9 Å². The third kappa shape index (κ3) is 10.5. The van der Waals surface area contributed by atoms with E-state index < -0.39 is 47.0 Å². The number of nitrogens with one attached hydrogen (secondary N) is 2. The highest BCUT2D eigenvalue weighted by Gasteiger charge is 2.53. The molecule has 266 valence electrons. The van der Waals surface area contributed by atoms with Gasteiger partial charge in [0.1, 0.15) is 17.8 Å². The summed E-state index contributed by atoms with van der Waals surface area (Å²) < 4.78 is 20.8. The highest BCUT2D eigenvalue weighted by atomic mass is 79.9. The zero-order valence-electron chi connectivity index (χ0n) is 28.8. The minimum atomic E-state index is -1.94. The fraction of sp³-hybridized carbons (Fsp3) is 0.667. The number of ether oxygens (including phenoxy) is 1. The lowest BCUT2D eigenvalue weighted by Crippen LogP contribution is -2.59. The van der Waals surface area contributed by atoms with Gasteiger partial charge in [0.15, 0.2) is 5.67 Å². The first kappa shape index (κ1) is 38.2. The molecule has 1 aliphatic carbocycles. The Bertz CT molecular complexity index is 1390. The molecule has 1 saturated heterocycles. The number of halogens is 2. The quantitative estimate of drug-likeness (QED) is 0.116. The lowest BCUT2D eigenvalue weighted by molar-refractivity contribution is -0.145. The molecule has 0 bridgehead atoms. The van der Waals surface area contributed by atoms with Crippen molar-refractivity contribution in [3.8, 4) is 16.2 Å². The molecule has 2 heterocycles. The molecule has 1 aromatic carbocycles. The van der Waals surface area contributed by atoms with Crippen molar-refractivity contribution in [3.05, 3.63) is 35.0 Å². The number of aromatic nitrogens is 1. The van der Waals surface area contributed by atoms with Gasteiger partial charge in [-0.25, -0.2) is 9.37 Å². The minimum absolute atomic E-state index is 0.0474. The van der Waals surface area contributed by atoms with Gasteiger partial charge >= 0.3 is 0 Å². The van der Waals surface area contributed by atoms with Crippen LogP contribution in [-0.2, 0) is 20.9 Å². The average Bonchev–Trinajstić information content (AvgIpc) is 3.45. The van der Waals surface area contributed by atoms with E-state index in [1.165, 1.54) is 43.4 Å². The van der Waals surface area contributed by atoms with Crippen LogP contribution in [0, 0.1) is 12.3 Å². The second-order valence-electron chi connectivity index (χ2n) is 14.3. The van der Waals surface area contributed by atoms with E-state index in [0.29, 0.717) is 12.4 Å². The number of rotatable bonds is 18. The molecule has 2 aromatic rings. The molecular weight excluding hydrogens is 699 g/mol. The van der Waals surface area contributed by atoms with Gasteiger partial charge in [0.2, 0.25) is 11.8 Å². The highest BCUT2D eigenvalue weighted by Crippen LogP contribution is 2.40. The van der Waals surface area contributed by atoms with Gasteiger partial charge in [0, 0.05) is 30.4 Å². The van der Waals surface area contributed by atoms with Gasteiger partial charge < -0.3 is 25.4 Å². The standard InChI is InChI=1S/C36H52BrFN4O5S/c1-24-30(48-23-40-24)25-13-14-26(29(19-25)47-18-12-10-8-6-5-7-9-11-17-37)21-39-32(44)28-20-27(43)22-42(28)33(45)31(35(2,3)4)41-34(46)36(38)15-16-36/h13-14,19,23,27-28,31,43H,5-12,15-18,20-22H2,1-4H3,(H,39,44)(H,41,46)/t27?,28?,31-/m1/s1. The summed E-state index contributed by atoms with van der Waals surface area (Å²) in [6.07, 6.45) is 8.91. The van der Waals surface area contributed by atoms with Crippen LogP contribution in [0.1, 0.15) is 103 Å². The first-order chi connectivity index (χ1) is 22.8. The third-order valence-corrected chi connectivity index (χ3v) is 10.7. The summed E-state index contributed by atoms with van der Waals surface area (Å²) in [5.41, 5.74) is 1.87. The minimum Gasteiger partial charge on any atom is -0.493 e. The Morgan fingerprint density at radius 3 is 2.40 bits per heavy atom. The monoisotopic (exact) mass is 750 g/mol. The summed E-state index contributed by atoms with van der Waals surface area (Å²) in [4.78, 5) is 46.7. The Morgan fingerprint density at radius 1 is 1.12 bits per heavy atom. The number of amides is 3. The lowest BCUT2D eigenvalue weighted by Gasteiger charge is -2.35. The Labute approximate surface area is 296 Å². The SMILES string of the molecule is Cc1ncsc1-c1ccc(CNC(=O)C2CC(O)CN2C(=O)[C@@H](NC(=O)C2(F)CC2)C(C)(C)C)c(OCCCCCCCCCCBr)c1. The molecule has 2 aliphatic rings. The Hall–Kier alpha value is -2.57. The predicted molar refractivity (Wildman–Crippen MR) is 191 cm³/mol. The summed E-state index contributed by atoms with van der Waals surface area (Å²) >= 11 is 5.05. The molecule has 0 radical (unpaired) electrons. The van der Waals surface area contributed by atoms with Gasteiger partial charge in [-0.05, 0) is 49.7 Å². The van der Waals surface area contributed by atoms with Crippen molar-refractivity contribution in [2.45, 2.75) is 129 Å². The van der Waals surface area contributed by atoms with E-state index in [1.807, 2.05) is 30.6 Å². The Balaban J connectivity index is 1.39. The summed E-state index contributed by atoms with van der Waals surface area (Å²) in [5.74, 6) is -1.04. The largest absolute Gasteiger partial charge is 0.493 e. The summed E-state index contributed by atoms with van der Waals surface area (Å²) in [5, 5.41) is 17.2. The predicted octanol–water partition coefficient (Wildman–Crippen LogP) is 6.62. The number of unbranched alkanes of at least 4 members (excludes halogenated alkanes) is 7. The number of benzene rings is 1. The number of nitrogens with zero attached hydrogens (tertiary/aromatic N) is 2. The molecule has 0 spiro atoms. The molecule has 9 nitrogen and oxygen atoms in total. The van der Waals surface area contributed by atoms with Crippen LogP contribution < -0.4 is 15.4 Å². The molecule has 48 heavy (non-hydrogen) atoms. The number of hydrogen-bond acceptors (Lipinski definition) is 7. The first-order valence-corrected chi connectivity index (χ1v) is 19.3. The topological polar surface area (TPSA) is 121 Å². The number of thiazole rings is 1. The maximum absolute atomic E-state index is 14.5. The molecule has 1 aliphatic heterocycles. The maximum atomic E-state index is 14.5. The number of likely N-dealkylation sites (tertiary alicyclic amines) is 1. The van der Waals surface area contributed by atoms with E-state index in [4.69, 9.17) is 4.74 Å². The van der Waals surface area contributed by atoms with E-state index in [2.05, 4.69) is 31.5 Å². The van der Waals surface area contributed by atoms with Gasteiger partial charge in [0.05, 0.1) is 28.8 Å². The number of aliphatic hydroxyl groups is 1. The zero-order valence-corrected chi connectivity index (χ0v) is 31.2. The summed E-state index contributed by atoms with van der Waals surface area (Å²) in [7, 11) is 0. The van der Waals surface area contributed by atoms with Crippen LogP contribution in [0.4, 0.5) is 4.39 Å². The highest BCUT2D eigenvalue weighted by molar-refractivity contribution is 9.09. The van der Waals surface area contributed by atoms with Gasteiger partial charge in [-0.2, -0.15) is 0 Å². The summed E-state index contributed by atoms with van der Waals surface area (Å²) in [6, 6.07) is 3.94. The lowest BCUT2D eigenvalue weighted by atomic mass is 9.85. The van der Waals surface area contributed by atoms with Gasteiger partial charge in [-0.3, -0.25) is 14.4 Å². The Morgan fingerprint density at radius 2 is 1.79 bits per heavy atom. The van der Waals surface area contributed by atoms with Crippen molar-refractivity contribution >= 4 is 45.0 Å². The molecule has 3 amide bonds. The maximum Gasteiger partial charge on any atom is 0.258 e. The van der Waals surface area contributed by atoms with Crippen LogP contribution in [-0.4, -0.2) is 75.1 Å². The molecule has 4 rings (SSSR count). The van der Waals surface area contributed by atoms with E-state index in [1.54, 1.807) is 32.1 Å². The van der Waals surface area contributed by atoms with Crippen LogP contribution in [0.3, 0.4) is 0 Å². The average molecular weight is 752 g/mol. The van der Waals surface area contributed by atoms with Crippen molar-refractivity contribution in [2.24, 2.45) is 5.41 Å². The van der Waals surface area contributed by atoms with Crippen LogP contribution in [0.25, 0.3) is 10.4 Å². The van der Waals surface area contributed by atoms with E-state index in [9.17, 15) is 23.9 Å². The van der Waals surface area contributed by atoms with Crippen LogP contribution in [0.5, 0.6) is 5.75 Å². The molecule has 1 aromatic heterocycles. The molecule has 1 saturated carbocycles. The van der Waals surface area contributed by atoms with Crippen LogP contribution in [0.2, 0.25) is 0 Å². The second-order valence-corrected chi connectivity index (χ2v) is 16.0. The zero-order chi connectivity index (χ0) is 34.9. The molecular formula is C36H52BrFN4O5S. The van der Waals surface area contributed by atoms with Gasteiger partial charge in [-0.15, -0.1) is 11.3 Å². The van der Waals surface area contributed by atoms with Gasteiger partial charge in [0.25, 0.3) is 5.91 Å². The fourth-order valence-electron chi connectivity index (χ4n) is 6.01. The third-order valence-electron chi connectivity index (χ3n) is 9.16. The van der Waals surface area contributed by atoms with Crippen molar-refractivity contribution in [1.29, 1.82) is 0 Å². The van der Waals surface area contributed by atoms with Crippen molar-refractivity contribution in [3.63, 3.8) is 0 Å². The number of alkyl halides is 2. The number of aryl methyl sites for hydroxylation is 1. The number of carbonyl (C=O) groups is 3. The van der Waals surface area contributed by atoms with E-state index >= 15 is 0 Å². The van der Waals surface area contributed by atoms with Gasteiger partial charge in [-0.1, -0.05) is 87.4 Å². The molecule has 3 N–H and O–H groups in total. The van der Waals surface area contributed by atoms with Crippen molar-refractivity contribution in [2.75, 3.05) is 18.5 Å². The first-order valence-electron chi connectivity index (χ1n) is 17.3. The number of hydrogen-bond donors (Lipinski definition) is 3. The number of carbonyl (C=O) groups excluding carboxylic acids is 3. The molecule has 2 fully saturated rings. The normalized spacial score (nSPS) is 19.2. The number of aliphatic hydroxyl groups excluding tert-OH is 1. The van der Waals surface area contributed by atoms with Crippen LogP contribution in [0.15, 0.2) is 23.7 Å². The van der Waals surface area contributed by atoms with Crippen LogP contribution >= 0.6 is 27.3 Å². The summed E-state index contributed by atoms with van der Waals surface area (Å²) in [6.45, 7) is 7.99. The molecule has 2 unspecified atom stereocenters. The molecule has 12 heteroatoms. The number of β-amino-alcohol motifs (C(OH)–C–C–N with tert-alkyl or cyclic N) is 1. The molecule has 3 atom stereocenters. The Kier molecular flexibility index (Phi) is 13.8. The van der Waals surface area contributed by atoms with E-state index in [-0.39, 0.29) is 32.4 Å². The van der Waals surface area contributed by atoms with Crippen molar-refractivity contribution < 1.29 is 28.6 Å². The smallest absolute Gasteiger partial charge is 0.258 e.